The maximum Gasteiger partial charge on any atom is 0.330 e. The molecule has 0 radical (unpaired) electrons. The number of rotatable bonds is 9. The van der Waals surface area contributed by atoms with Crippen LogP contribution < -0.4 is 4.74 Å². The molecule has 0 aromatic heterocycles. The number of esters is 1. The molecule has 0 aliphatic rings. The molecule has 0 bridgehead atoms. The second-order valence-electron chi connectivity index (χ2n) is 6.06. The predicted molar refractivity (Wildman–Crippen MR) is 97.6 cm³/mol. The Morgan fingerprint density at radius 1 is 1.00 bits per heavy atom. The van der Waals surface area contributed by atoms with Crippen LogP contribution in [0.15, 0.2) is 67.3 Å². The first kappa shape index (κ1) is 18.7. The Hall–Kier alpha value is -2.59. The molecule has 0 N–H and O–H groups in total. The average Bonchev–Trinajstić information content (AvgIpc) is 2.65. The molecule has 4 nitrogen and oxygen atoms in total. The van der Waals surface area contributed by atoms with Crippen LogP contribution >= 0.6 is 0 Å². The van der Waals surface area contributed by atoms with Crippen LogP contribution in [0.25, 0.3) is 0 Å². The maximum atomic E-state index is 10.9. The van der Waals surface area contributed by atoms with Gasteiger partial charge in [-0.25, -0.2) is 4.79 Å². The van der Waals surface area contributed by atoms with E-state index in [-0.39, 0.29) is 25.4 Å². The summed E-state index contributed by atoms with van der Waals surface area (Å²) in [5.74, 6) is 0.275. The number of ether oxygens (including phenoxy) is 3. The van der Waals surface area contributed by atoms with E-state index in [9.17, 15) is 4.79 Å². The van der Waals surface area contributed by atoms with Crippen LogP contribution in [0, 0.1) is 0 Å². The van der Waals surface area contributed by atoms with Gasteiger partial charge in [-0.1, -0.05) is 62.9 Å². The second kappa shape index (κ2) is 9.04. The van der Waals surface area contributed by atoms with Crippen molar-refractivity contribution in [3.63, 3.8) is 0 Å². The summed E-state index contributed by atoms with van der Waals surface area (Å²) < 4.78 is 15.6. The van der Waals surface area contributed by atoms with Crippen molar-refractivity contribution in [2.75, 3.05) is 20.0 Å². The Balaban J connectivity index is 1.82. The van der Waals surface area contributed by atoms with E-state index in [0.717, 1.165) is 11.8 Å². The number of benzene rings is 2. The molecule has 0 atom stereocenters. The van der Waals surface area contributed by atoms with Crippen LogP contribution in [0.2, 0.25) is 0 Å². The molecule has 2 aromatic carbocycles. The highest BCUT2D eigenvalue weighted by Crippen LogP contribution is 2.32. The second-order valence-corrected chi connectivity index (χ2v) is 6.06. The first-order valence-corrected chi connectivity index (χ1v) is 8.20. The quantitative estimate of drug-likeness (QED) is 0.298. The van der Waals surface area contributed by atoms with Crippen LogP contribution in [-0.2, 0) is 19.7 Å². The van der Waals surface area contributed by atoms with Gasteiger partial charge in [0.2, 0.25) is 0 Å². The largest absolute Gasteiger partial charge is 0.468 e. The molecule has 0 saturated heterocycles. The van der Waals surface area contributed by atoms with Gasteiger partial charge < -0.3 is 14.2 Å². The normalized spacial score (nSPS) is 11.0. The van der Waals surface area contributed by atoms with Crippen molar-refractivity contribution in [2.45, 2.75) is 19.3 Å². The summed E-state index contributed by atoms with van der Waals surface area (Å²) in [6.07, 6.45) is 1.12. The van der Waals surface area contributed by atoms with Gasteiger partial charge in [0.05, 0.1) is 6.61 Å². The SMILES string of the molecule is C=CC(=O)OCCOCOc1ccc(C(C)(C)c2ccccc2)cc1. The summed E-state index contributed by atoms with van der Waals surface area (Å²) in [7, 11) is 0. The highest BCUT2D eigenvalue weighted by atomic mass is 16.7. The topological polar surface area (TPSA) is 44.8 Å². The van der Waals surface area contributed by atoms with Crippen LogP contribution in [0.5, 0.6) is 5.75 Å². The van der Waals surface area contributed by atoms with Crippen LogP contribution in [-0.4, -0.2) is 26.0 Å². The molecule has 2 aromatic rings. The number of hydrogen-bond acceptors (Lipinski definition) is 4. The van der Waals surface area contributed by atoms with E-state index in [1.165, 1.54) is 11.1 Å². The van der Waals surface area contributed by atoms with Gasteiger partial charge in [0.1, 0.15) is 12.4 Å². The van der Waals surface area contributed by atoms with Crippen molar-refractivity contribution in [1.29, 1.82) is 0 Å². The van der Waals surface area contributed by atoms with Crippen LogP contribution in [0.4, 0.5) is 0 Å². The van der Waals surface area contributed by atoms with Crippen molar-refractivity contribution in [3.05, 3.63) is 78.4 Å². The Bertz CT molecular complexity index is 675. The monoisotopic (exact) mass is 340 g/mol. The highest BCUT2D eigenvalue weighted by molar-refractivity contribution is 5.81. The standard InChI is InChI=1S/C21H24O4/c1-4-20(22)24-15-14-23-16-25-19-12-10-18(11-13-19)21(2,3)17-8-6-5-7-9-17/h4-13H,1,14-16H2,2-3H3. The van der Waals surface area contributed by atoms with Crippen molar-refractivity contribution in [3.8, 4) is 5.75 Å². The zero-order valence-corrected chi connectivity index (χ0v) is 14.7. The van der Waals surface area contributed by atoms with Crippen molar-refractivity contribution >= 4 is 5.97 Å². The van der Waals surface area contributed by atoms with Crippen LogP contribution in [0.3, 0.4) is 0 Å². The van der Waals surface area contributed by atoms with E-state index < -0.39 is 5.97 Å². The lowest BCUT2D eigenvalue weighted by atomic mass is 9.78. The lowest BCUT2D eigenvalue weighted by Gasteiger charge is -2.26. The summed E-state index contributed by atoms with van der Waals surface area (Å²) in [6, 6.07) is 18.4. The molecule has 0 aliphatic carbocycles. The lowest BCUT2D eigenvalue weighted by Crippen LogP contribution is -2.18. The fraction of sp³-hybridized carbons (Fsp3) is 0.286. The minimum atomic E-state index is -0.457. The van der Waals surface area contributed by atoms with E-state index in [4.69, 9.17) is 14.2 Å². The highest BCUT2D eigenvalue weighted by Gasteiger charge is 2.22. The third-order valence-electron chi connectivity index (χ3n) is 4.02. The minimum absolute atomic E-state index is 0.0781. The number of carbonyl (C=O) groups is 1. The molecule has 0 aliphatic heterocycles. The summed E-state index contributed by atoms with van der Waals surface area (Å²) in [4.78, 5) is 10.9. The zero-order chi connectivity index (χ0) is 18.1. The van der Waals surface area contributed by atoms with Crippen molar-refractivity contribution in [2.24, 2.45) is 0 Å². The molecular formula is C21H24O4. The molecule has 4 heteroatoms. The Morgan fingerprint density at radius 3 is 2.28 bits per heavy atom. The van der Waals surface area contributed by atoms with E-state index >= 15 is 0 Å². The zero-order valence-electron chi connectivity index (χ0n) is 14.7. The first-order chi connectivity index (χ1) is 12.0. The van der Waals surface area contributed by atoms with Crippen LogP contribution in [0.1, 0.15) is 25.0 Å². The molecule has 0 spiro atoms. The minimum Gasteiger partial charge on any atom is -0.468 e. The molecule has 25 heavy (non-hydrogen) atoms. The van der Waals surface area contributed by atoms with Gasteiger partial charge in [-0.2, -0.15) is 0 Å². The van der Waals surface area contributed by atoms with Gasteiger partial charge in [-0.05, 0) is 23.3 Å². The third-order valence-corrected chi connectivity index (χ3v) is 4.02. The number of hydrogen-bond donors (Lipinski definition) is 0. The third kappa shape index (κ3) is 5.47. The average molecular weight is 340 g/mol. The Morgan fingerprint density at radius 2 is 1.64 bits per heavy atom. The van der Waals surface area contributed by atoms with Gasteiger partial charge in [-0.15, -0.1) is 0 Å². The van der Waals surface area contributed by atoms with Gasteiger partial charge in [-0.3, -0.25) is 0 Å². The Kier molecular flexibility index (Phi) is 6.78. The molecule has 0 saturated carbocycles. The molecular weight excluding hydrogens is 316 g/mol. The Labute approximate surface area is 149 Å². The van der Waals surface area contributed by atoms with Gasteiger partial charge in [0.25, 0.3) is 0 Å². The predicted octanol–water partition coefficient (Wildman–Crippen LogP) is 4.09. The first-order valence-electron chi connectivity index (χ1n) is 8.20. The summed E-state index contributed by atoms with van der Waals surface area (Å²) in [6.45, 7) is 8.28. The fourth-order valence-corrected chi connectivity index (χ4v) is 2.42. The fourth-order valence-electron chi connectivity index (χ4n) is 2.42. The van der Waals surface area contributed by atoms with E-state index in [1.807, 2.05) is 18.2 Å². The maximum absolute atomic E-state index is 10.9. The van der Waals surface area contributed by atoms with E-state index in [1.54, 1.807) is 0 Å². The van der Waals surface area contributed by atoms with Crippen molar-refractivity contribution < 1.29 is 19.0 Å². The van der Waals surface area contributed by atoms with Gasteiger partial charge in [0.15, 0.2) is 6.79 Å². The van der Waals surface area contributed by atoms with E-state index in [0.29, 0.717) is 0 Å². The molecule has 0 unspecified atom stereocenters. The smallest absolute Gasteiger partial charge is 0.330 e. The lowest BCUT2D eigenvalue weighted by molar-refractivity contribution is -0.140. The summed E-state index contributed by atoms with van der Waals surface area (Å²) in [5, 5.41) is 0. The van der Waals surface area contributed by atoms with Crippen molar-refractivity contribution in [1.82, 2.24) is 0 Å². The van der Waals surface area contributed by atoms with E-state index in [2.05, 4.69) is 56.8 Å². The summed E-state index contributed by atoms with van der Waals surface area (Å²) >= 11 is 0. The van der Waals surface area contributed by atoms with Gasteiger partial charge in [0, 0.05) is 11.5 Å². The molecule has 0 heterocycles. The number of carbonyl (C=O) groups excluding carboxylic acids is 1. The molecule has 0 fully saturated rings. The molecule has 132 valence electrons. The molecule has 2 rings (SSSR count). The summed E-state index contributed by atoms with van der Waals surface area (Å²) in [5.41, 5.74) is 2.40. The van der Waals surface area contributed by atoms with Gasteiger partial charge >= 0.3 is 5.97 Å². The molecule has 0 amide bonds.